The van der Waals surface area contributed by atoms with Crippen LogP contribution in [0.3, 0.4) is 0 Å². The maximum Gasteiger partial charge on any atom is 0.193 e. The number of hydrogen-bond donors (Lipinski definition) is 1. The van der Waals surface area contributed by atoms with Crippen molar-refractivity contribution < 1.29 is 4.21 Å². The van der Waals surface area contributed by atoms with Crippen LogP contribution in [0, 0.1) is 5.92 Å². The molecule has 0 aliphatic carbocycles. The minimum absolute atomic E-state index is 0.596. The largest absolute Gasteiger partial charge is 0.355 e. The van der Waals surface area contributed by atoms with E-state index >= 15 is 0 Å². The summed E-state index contributed by atoms with van der Waals surface area (Å²) in [5.74, 6) is 3.34. The summed E-state index contributed by atoms with van der Waals surface area (Å²) in [5.41, 5.74) is 0. The van der Waals surface area contributed by atoms with Crippen LogP contribution < -0.4 is 5.32 Å². The molecule has 23 heavy (non-hydrogen) atoms. The Morgan fingerprint density at radius 2 is 2.17 bits per heavy atom. The molecule has 0 bridgehead atoms. The molecule has 0 aromatic heterocycles. The van der Waals surface area contributed by atoms with Crippen molar-refractivity contribution in [2.24, 2.45) is 10.9 Å². The third-order valence-corrected chi connectivity index (χ3v) is 6.84. The monoisotopic (exact) mass is 353 g/mol. The fourth-order valence-electron chi connectivity index (χ4n) is 2.55. The van der Waals surface area contributed by atoms with Gasteiger partial charge in [0, 0.05) is 48.3 Å². The van der Waals surface area contributed by atoms with Crippen molar-refractivity contribution in [3.63, 3.8) is 0 Å². The van der Waals surface area contributed by atoms with Gasteiger partial charge in [0.15, 0.2) is 5.96 Å². The zero-order valence-electron chi connectivity index (χ0n) is 14.2. The van der Waals surface area contributed by atoms with Crippen LogP contribution in [0.5, 0.6) is 0 Å². The lowest BCUT2D eigenvalue weighted by atomic mass is 10.1. The van der Waals surface area contributed by atoms with Gasteiger partial charge in [-0.05, 0) is 18.1 Å². The number of guanidine groups is 1. The lowest BCUT2D eigenvalue weighted by molar-refractivity contribution is 0.382. The summed E-state index contributed by atoms with van der Waals surface area (Å²) < 4.78 is 12.2. The van der Waals surface area contributed by atoms with Crippen LogP contribution in [-0.2, 0) is 10.8 Å². The molecular formula is C17H27N3OS2. The van der Waals surface area contributed by atoms with Gasteiger partial charge in [0.2, 0.25) is 0 Å². The van der Waals surface area contributed by atoms with Crippen molar-refractivity contribution in [3.8, 4) is 0 Å². The van der Waals surface area contributed by atoms with Crippen LogP contribution in [0.2, 0.25) is 0 Å². The van der Waals surface area contributed by atoms with Gasteiger partial charge in [0.1, 0.15) is 0 Å². The molecule has 1 heterocycles. The summed E-state index contributed by atoms with van der Waals surface area (Å²) in [6.45, 7) is 7.28. The van der Waals surface area contributed by atoms with E-state index in [9.17, 15) is 4.21 Å². The molecule has 128 valence electrons. The molecule has 0 saturated carbocycles. The van der Waals surface area contributed by atoms with E-state index in [1.54, 1.807) is 0 Å². The molecule has 1 saturated heterocycles. The molecule has 2 rings (SSSR count). The van der Waals surface area contributed by atoms with Gasteiger partial charge in [-0.1, -0.05) is 32.0 Å². The minimum Gasteiger partial charge on any atom is -0.355 e. The van der Waals surface area contributed by atoms with Crippen LogP contribution in [0.25, 0.3) is 0 Å². The van der Waals surface area contributed by atoms with E-state index < -0.39 is 10.8 Å². The van der Waals surface area contributed by atoms with Crippen LogP contribution in [0.15, 0.2) is 40.2 Å². The van der Waals surface area contributed by atoms with E-state index in [4.69, 9.17) is 0 Å². The molecular weight excluding hydrogens is 326 g/mol. The van der Waals surface area contributed by atoms with E-state index in [2.05, 4.69) is 40.8 Å². The van der Waals surface area contributed by atoms with Gasteiger partial charge in [-0.3, -0.25) is 9.20 Å². The molecule has 1 aromatic carbocycles. The van der Waals surface area contributed by atoms with E-state index in [0.29, 0.717) is 23.5 Å². The average Bonchev–Trinajstić information content (AvgIpc) is 2.59. The van der Waals surface area contributed by atoms with Crippen LogP contribution >= 0.6 is 11.8 Å². The number of thioether (sulfide) groups is 1. The first kappa shape index (κ1) is 18.3. The number of benzene rings is 1. The van der Waals surface area contributed by atoms with Crippen molar-refractivity contribution in [1.82, 2.24) is 10.2 Å². The first-order valence-electron chi connectivity index (χ1n) is 8.12. The average molecular weight is 354 g/mol. The van der Waals surface area contributed by atoms with E-state index in [-0.39, 0.29) is 0 Å². The summed E-state index contributed by atoms with van der Waals surface area (Å²) in [6.07, 6.45) is 0. The number of nitrogens with zero attached hydrogens (tertiary/aromatic N) is 2. The molecule has 1 aliphatic rings. The first-order chi connectivity index (χ1) is 11.1. The summed E-state index contributed by atoms with van der Waals surface area (Å²) in [6, 6.07) is 9.63. The normalized spacial score (nSPS) is 20.6. The van der Waals surface area contributed by atoms with Crippen molar-refractivity contribution in [2.45, 2.75) is 24.0 Å². The molecule has 2 unspecified atom stereocenters. The first-order valence-corrected chi connectivity index (χ1v) is 10.5. The van der Waals surface area contributed by atoms with Gasteiger partial charge in [-0.15, -0.1) is 0 Å². The van der Waals surface area contributed by atoms with Gasteiger partial charge in [-0.2, -0.15) is 11.8 Å². The topological polar surface area (TPSA) is 44.7 Å². The van der Waals surface area contributed by atoms with E-state index in [1.165, 1.54) is 0 Å². The van der Waals surface area contributed by atoms with E-state index in [1.807, 2.05) is 37.4 Å². The Morgan fingerprint density at radius 3 is 2.83 bits per heavy atom. The molecule has 4 nitrogen and oxygen atoms in total. The van der Waals surface area contributed by atoms with Crippen molar-refractivity contribution >= 4 is 28.5 Å². The van der Waals surface area contributed by atoms with E-state index in [0.717, 1.165) is 29.7 Å². The number of rotatable bonds is 5. The second-order valence-corrected chi connectivity index (χ2v) is 8.85. The number of nitrogens with one attached hydrogen (secondary N) is 1. The zero-order valence-corrected chi connectivity index (χ0v) is 15.8. The highest BCUT2D eigenvalue weighted by Crippen LogP contribution is 2.24. The molecule has 1 aliphatic heterocycles. The fraction of sp³-hybridized carbons (Fsp3) is 0.588. The fourth-order valence-corrected chi connectivity index (χ4v) is 4.83. The lowest BCUT2D eigenvalue weighted by Crippen LogP contribution is -2.49. The molecule has 0 radical (unpaired) electrons. The highest BCUT2D eigenvalue weighted by molar-refractivity contribution is 8.00. The highest BCUT2D eigenvalue weighted by Gasteiger charge is 2.24. The minimum atomic E-state index is -0.961. The summed E-state index contributed by atoms with van der Waals surface area (Å²) >= 11 is 2.06. The smallest absolute Gasteiger partial charge is 0.193 e. The van der Waals surface area contributed by atoms with Crippen LogP contribution in [0.1, 0.15) is 13.8 Å². The van der Waals surface area contributed by atoms with Gasteiger partial charge >= 0.3 is 0 Å². The summed E-state index contributed by atoms with van der Waals surface area (Å²) in [4.78, 5) is 7.61. The van der Waals surface area contributed by atoms with Gasteiger partial charge < -0.3 is 10.2 Å². The molecule has 2 atom stereocenters. The second kappa shape index (κ2) is 9.33. The third-order valence-electron chi connectivity index (χ3n) is 3.93. The standard InChI is InChI=1S/C17H27N3OS2/c1-14(2)16-13-20(10-11-22-16)17(18-3)19-9-12-23(21)15-7-5-4-6-8-15/h4-8,14,16H,9-13H2,1-3H3,(H,18,19). The Labute approximate surface area is 146 Å². The Morgan fingerprint density at radius 1 is 1.43 bits per heavy atom. The van der Waals surface area contributed by atoms with Crippen molar-refractivity contribution in [3.05, 3.63) is 30.3 Å². The third kappa shape index (κ3) is 5.53. The quantitative estimate of drug-likeness (QED) is 0.652. The van der Waals surface area contributed by atoms with Gasteiger partial charge in [0.25, 0.3) is 0 Å². The zero-order chi connectivity index (χ0) is 16.7. The van der Waals surface area contributed by atoms with Gasteiger partial charge in [0.05, 0.1) is 10.8 Å². The Balaban J connectivity index is 1.82. The molecule has 6 heteroatoms. The number of hydrogen-bond acceptors (Lipinski definition) is 3. The van der Waals surface area contributed by atoms with Crippen LogP contribution in [-0.4, -0.2) is 58.5 Å². The predicted molar refractivity (Wildman–Crippen MR) is 102 cm³/mol. The van der Waals surface area contributed by atoms with Gasteiger partial charge in [-0.25, -0.2) is 0 Å². The maximum atomic E-state index is 12.2. The molecule has 1 aromatic rings. The number of aliphatic imine (C=N–C) groups is 1. The van der Waals surface area contributed by atoms with Crippen molar-refractivity contribution in [1.29, 1.82) is 0 Å². The lowest BCUT2D eigenvalue weighted by Gasteiger charge is -2.36. The second-order valence-electron chi connectivity index (χ2n) is 5.94. The summed E-state index contributed by atoms with van der Waals surface area (Å²) in [5, 5.41) is 4.03. The molecule has 0 amide bonds. The Bertz CT molecular complexity index is 534. The van der Waals surface area contributed by atoms with Crippen LogP contribution in [0.4, 0.5) is 0 Å². The highest BCUT2D eigenvalue weighted by atomic mass is 32.2. The molecule has 1 N–H and O–H groups in total. The van der Waals surface area contributed by atoms with Crippen molar-refractivity contribution in [2.75, 3.05) is 38.2 Å². The molecule has 0 spiro atoms. The summed E-state index contributed by atoms with van der Waals surface area (Å²) in [7, 11) is 0.861. The Hall–Kier alpha value is -1.01. The predicted octanol–water partition coefficient (Wildman–Crippen LogP) is 2.44. The maximum absolute atomic E-state index is 12.2. The Kier molecular flexibility index (Phi) is 7.43. The SMILES string of the molecule is CN=C(NCCS(=O)c1ccccc1)N1CCSC(C(C)C)C1. The molecule has 1 fully saturated rings.